The summed E-state index contributed by atoms with van der Waals surface area (Å²) in [6.07, 6.45) is -11.3. The summed E-state index contributed by atoms with van der Waals surface area (Å²) in [5.41, 5.74) is -3.42. The molecule has 0 amide bonds. The van der Waals surface area contributed by atoms with E-state index in [9.17, 15) is 44.7 Å². The Morgan fingerprint density at radius 1 is 0.690 bits per heavy atom. The van der Waals surface area contributed by atoms with Gasteiger partial charge in [-0.3, -0.25) is 9.59 Å². The Balaban J connectivity index is 2.05. The molecule has 0 fully saturated rings. The van der Waals surface area contributed by atoms with Gasteiger partial charge in [-0.05, 0) is 36.4 Å². The average molecular weight is 428 g/mol. The maximum absolute atomic E-state index is 13.2. The zero-order valence-electron chi connectivity index (χ0n) is 13.8. The molecule has 156 valence electrons. The van der Waals surface area contributed by atoms with E-state index in [2.05, 4.69) is 9.47 Å². The molecule has 0 N–H and O–H groups in total. The molecule has 2 aromatic rings. The van der Waals surface area contributed by atoms with Crippen molar-refractivity contribution in [3.05, 3.63) is 59.2 Å². The van der Waals surface area contributed by atoms with Gasteiger partial charge in [0.1, 0.15) is 29.6 Å². The Bertz CT molecular complexity index is 859. The number of ether oxygens (including phenoxy) is 2. The van der Waals surface area contributed by atoms with Crippen LogP contribution in [0.5, 0.6) is 11.5 Å². The second-order valence-electron chi connectivity index (χ2n) is 5.40. The van der Waals surface area contributed by atoms with Crippen LogP contribution in [0.3, 0.4) is 0 Å². The second kappa shape index (κ2) is 8.05. The third kappa shape index (κ3) is 5.90. The minimum Gasteiger partial charge on any atom is -0.426 e. The zero-order valence-corrected chi connectivity index (χ0v) is 13.8. The van der Waals surface area contributed by atoms with Gasteiger partial charge >= 0.3 is 24.3 Å². The molecule has 0 spiro atoms. The maximum atomic E-state index is 13.2. The van der Waals surface area contributed by atoms with Crippen LogP contribution in [-0.2, 0) is 21.9 Å². The van der Waals surface area contributed by atoms with Crippen LogP contribution in [0.15, 0.2) is 36.4 Å². The number of halogens is 8. The fourth-order valence-corrected chi connectivity index (χ4v) is 2.02. The van der Waals surface area contributed by atoms with Gasteiger partial charge in [-0.1, -0.05) is 0 Å². The SMILES string of the molecule is O=C(CC(=O)Oc1ccc(F)c(C(F)(F)F)c1)Oc1ccc(F)c(C(F)(F)F)c1. The van der Waals surface area contributed by atoms with E-state index in [-0.39, 0.29) is 12.1 Å². The number of hydrogen-bond acceptors (Lipinski definition) is 4. The van der Waals surface area contributed by atoms with Gasteiger partial charge in [-0.25, -0.2) is 8.78 Å². The van der Waals surface area contributed by atoms with E-state index in [0.29, 0.717) is 24.3 Å². The van der Waals surface area contributed by atoms with Gasteiger partial charge in [0.2, 0.25) is 0 Å². The van der Waals surface area contributed by atoms with Crippen molar-refractivity contribution in [2.24, 2.45) is 0 Å². The first-order valence-electron chi connectivity index (χ1n) is 7.42. The number of carbonyl (C=O) groups is 2. The predicted molar refractivity (Wildman–Crippen MR) is 78.7 cm³/mol. The van der Waals surface area contributed by atoms with E-state index >= 15 is 0 Å². The lowest BCUT2D eigenvalue weighted by atomic mass is 10.2. The quantitative estimate of drug-likeness (QED) is 0.301. The number of esters is 2. The third-order valence-corrected chi connectivity index (χ3v) is 3.24. The summed E-state index contributed by atoms with van der Waals surface area (Å²) in [5.74, 6) is -7.53. The summed E-state index contributed by atoms with van der Waals surface area (Å²) in [7, 11) is 0. The Morgan fingerprint density at radius 2 is 1.03 bits per heavy atom. The standard InChI is InChI=1S/C17H8F8O4/c18-12-3-1-8(5-10(12)16(20,21)22)28-14(26)7-15(27)29-9-2-4-13(19)11(6-9)17(23,24)25/h1-6H,7H2. The first kappa shape index (κ1) is 22.1. The smallest absolute Gasteiger partial charge is 0.419 e. The van der Waals surface area contributed by atoms with Gasteiger partial charge in [0, 0.05) is 0 Å². The summed E-state index contributed by atoms with van der Waals surface area (Å²) >= 11 is 0. The van der Waals surface area contributed by atoms with Gasteiger partial charge < -0.3 is 9.47 Å². The highest BCUT2D eigenvalue weighted by atomic mass is 19.4. The summed E-state index contributed by atoms with van der Waals surface area (Å²) in [6.45, 7) is 0. The van der Waals surface area contributed by atoms with Gasteiger partial charge in [0.25, 0.3) is 0 Å². The van der Waals surface area contributed by atoms with Gasteiger partial charge in [-0.15, -0.1) is 0 Å². The zero-order chi connectivity index (χ0) is 22.0. The van der Waals surface area contributed by atoms with Crippen LogP contribution in [0.1, 0.15) is 17.5 Å². The first-order valence-corrected chi connectivity index (χ1v) is 7.42. The van der Waals surface area contributed by atoms with E-state index in [4.69, 9.17) is 0 Å². The molecule has 2 rings (SSSR count). The molecule has 0 saturated carbocycles. The van der Waals surface area contributed by atoms with E-state index in [1.165, 1.54) is 0 Å². The van der Waals surface area contributed by atoms with Gasteiger partial charge in [0.15, 0.2) is 0 Å². The Kier molecular flexibility index (Phi) is 6.14. The van der Waals surface area contributed by atoms with Crippen LogP contribution in [0.25, 0.3) is 0 Å². The van der Waals surface area contributed by atoms with Crippen LogP contribution in [0.2, 0.25) is 0 Å². The molecule has 0 aliphatic rings. The average Bonchev–Trinajstić information content (AvgIpc) is 2.56. The predicted octanol–water partition coefficient (Wildman–Crippen LogP) is 4.90. The highest BCUT2D eigenvalue weighted by Crippen LogP contribution is 2.34. The summed E-state index contributed by atoms with van der Waals surface area (Å²) in [5, 5.41) is 0. The van der Waals surface area contributed by atoms with Gasteiger partial charge in [0.05, 0.1) is 11.1 Å². The van der Waals surface area contributed by atoms with Crippen molar-refractivity contribution in [2.75, 3.05) is 0 Å². The molecule has 0 aliphatic carbocycles. The number of benzene rings is 2. The van der Waals surface area contributed by atoms with Crippen LogP contribution < -0.4 is 9.47 Å². The van der Waals surface area contributed by atoms with E-state index < -0.39 is 65.0 Å². The molecule has 0 heterocycles. The van der Waals surface area contributed by atoms with Gasteiger partial charge in [-0.2, -0.15) is 26.3 Å². The van der Waals surface area contributed by atoms with Crippen molar-refractivity contribution in [3.63, 3.8) is 0 Å². The van der Waals surface area contributed by atoms with E-state index in [1.54, 1.807) is 0 Å². The topological polar surface area (TPSA) is 52.6 Å². The molecule has 12 heteroatoms. The molecule has 29 heavy (non-hydrogen) atoms. The number of rotatable bonds is 4. The number of alkyl halides is 6. The Labute approximate surface area is 156 Å². The number of carbonyl (C=O) groups excluding carboxylic acids is 2. The largest absolute Gasteiger partial charge is 0.426 e. The van der Waals surface area contributed by atoms with Crippen LogP contribution in [-0.4, -0.2) is 11.9 Å². The van der Waals surface area contributed by atoms with Crippen molar-refractivity contribution < 1.29 is 54.2 Å². The summed E-state index contributed by atoms with van der Waals surface area (Å²) in [4.78, 5) is 23.2. The fourth-order valence-electron chi connectivity index (χ4n) is 2.02. The van der Waals surface area contributed by atoms with E-state index in [0.717, 1.165) is 0 Å². The minimum absolute atomic E-state index is 0.189. The molecule has 4 nitrogen and oxygen atoms in total. The molecule has 0 radical (unpaired) electrons. The molecule has 0 aromatic heterocycles. The molecule has 2 aromatic carbocycles. The van der Waals surface area contributed by atoms with Crippen LogP contribution in [0.4, 0.5) is 35.1 Å². The summed E-state index contributed by atoms with van der Waals surface area (Å²) < 4.78 is 111. The minimum atomic E-state index is -5.07. The van der Waals surface area contributed by atoms with Crippen molar-refractivity contribution in [3.8, 4) is 11.5 Å². The normalized spacial score (nSPS) is 11.9. The van der Waals surface area contributed by atoms with Crippen LogP contribution >= 0.6 is 0 Å². The van der Waals surface area contributed by atoms with Crippen molar-refractivity contribution in [1.29, 1.82) is 0 Å². The van der Waals surface area contributed by atoms with Crippen molar-refractivity contribution in [2.45, 2.75) is 18.8 Å². The second-order valence-corrected chi connectivity index (χ2v) is 5.40. The summed E-state index contributed by atoms with van der Waals surface area (Å²) in [6, 6.07) is 2.55. The molecular weight excluding hydrogens is 420 g/mol. The molecule has 0 atom stereocenters. The third-order valence-electron chi connectivity index (χ3n) is 3.24. The molecule has 0 unspecified atom stereocenters. The lowest BCUT2D eigenvalue weighted by Crippen LogP contribution is -2.19. The highest BCUT2D eigenvalue weighted by molar-refractivity contribution is 5.93. The molecule has 0 bridgehead atoms. The number of hydrogen-bond donors (Lipinski definition) is 0. The maximum Gasteiger partial charge on any atom is 0.419 e. The van der Waals surface area contributed by atoms with Crippen molar-refractivity contribution in [1.82, 2.24) is 0 Å². The lowest BCUT2D eigenvalue weighted by Gasteiger charge is -2.11. The highest BCUT2D eigenvalue weighted by Gasteiger charge is 2.35. The molecule has 0 saturated heterocycles. The van der Waals surface area contributed by atoms with Crippen molar-refractivity contribution >= 4 is 11.9 Å². The molecule has 0 aliphatic heterocycles. The lowest BCUT2D eigenvalue weighted by molar-refractivity contribution is -0.146. The Hall–Kier alpha value is -3.18. The fraction of sp³-hybridized carbons (Fsp3) is 0.176. The van der Waals surface area contributed by atoms with E-state index in [1.807, 2.05) is 0 Å². The first-order chi connectivity index (χ1) is 13.3. The van der Waals surface area contributed by atoms with Crippen LogP contribution in [0, 0.1) is 11.6 Å². The monoisotopic (exact) mass is 428 g/mol. The molecular formula is C17H8F8O4. The Morgan fingerprint density at radius 3 is 1.34 bits per heavy atom.